The van der Waals surface area contributed by atoms with Crippen molar-refractivity contribution in [1.29, 1.82) is 0 Å². The Hall–Kier alpha value is 0.300. The van der Waals surface area contributed by atoms with Gasteiger partial charge in [0.15, 0.2) is 0 Å². The van der Waals surface area contributed by atoms with Crippen molar-refractivity contribution in [3.63, 3.8) is 0 Å². The average Bonchev–Trinajstić information content (AvgIpc) is 2.67. The predicted molar refractivity (Wildman–Crippen MR) is 75.3 cm³/mol. The first kappa shape index (κ1) is 14.4. The molecule has 0 aromatic heterocycles. The molecule has 1 saturated heterocycles. The highest BCUT2D eigenvalue weighted by Crippen LogP contribution is 2.38. The minimum atomic E-state index is -0.192. The Balaban J connectivity index is 2.61. The third-order valence-electron chi connectivity index (χ3n) is 3.54. The zero-order valence-electron chi connectivity index (χ0n) is 10.4. The van der Waals surface area contributed by atoms with Gasteiger partial charge in [0, 0.05) is 10.9 Å². The van der Waals surface area contributed by atoms with Crippen LogP contribution in [0, 0.1) is 0 Å². The molecule has 1 rings (SSSR count). The molecule has 94 valence electrons. The number of rotatable bonds is 5. The summed E-state index contributed by atoms with van der Waals surface area (Å²) in [6.07, 6.45) is 4.13. The van der Waals surface area contributed by atoms with Gasteiger partial charge in [-0.2, -0.15) is 0 Å². The smallest absolute Gasteiger partial charge is 0.236 e. The molecule has 2 nitrogen and oxygen atoms in total. The Kier molecular flexibility index (Phi) is 5.17. The van der Waals surface area contributed by atoms with Gasteiger partial charge in [0.05, 0.1) is 4.75 Å². The average molecular weight is 308 g/mol. The minimum absolute atomic E-state index is 0.0628. The second-order valence-electron chi connectivity index (χ2n) is 4.99. The van der Waals surface area contributed by atoms with Gasteiger partial charge < -0.3 is 5.32 Å². The number of amides is 1. The highest BCUT2D eigenvalue weighted by molar-refractivity contribution is 9.09. The first-order valence-electron chi connectivity index (χ1n) is 5.98. The maximum absolute atomic E-state index is 12.3. The monoisotopic (exact) mass is 307 g/mol. The van der Waals surface area contributed by atoms with Gasteiger partial charge in [-0.25, -0.2) is 0 Å². The Morgan fingerprint density at radius 1 is 1.62 bits per heavy atom. The van der Waals surface area contributed by atoms with Crippen LogP contribution in [0.2, 0.25) is 0 Å². The summed E-state index contributed by atoms with van der Waals surface area (Å²) in [5, 5.41) is 4.17. The van der Waals surface area contributed by atoms with E-state index in [9.17, 15) is 4.79 Å². The molecule has 1 aliphatic rings. The number of nitrogens with one attached hydrogen (secondary N) is 1. The Morgan fingerprint density at radius 2 is 2.31 bits per heavy atom. The van der Waals surface area contributed by atoms with Crippen LogP contribution < -0.4 is 5.32 Å². The minimum Gasteiger partial charge on any atom is -0.350 e. The molecule has 0 bridgehead atoms. The van der Waals surface area contributed by atoms with Crippen molar-refractivity contribution >= 4 is 33.6 Å². The van der Waals surface area contributed by atoms with E-state index in [4.69, 9.17) is 0 Å². The molecule has 2 atom stereocenters. The van der Waals surface area contributed by atoms with Crippen LogP contribution in [0.25, 0.3) is 0 Å². The topological polar surface area (TPSA) is 29.1 Å². The van der Waals surface area contributed by atoms with Gasteiger partial charge >= 0.3 is 0 Å². The number of halogens is 1. The van der Waals surface area contributed by atoms with Gasteiger partial charge in [-0.05, 0) is 45.3 Å². The van der Waals surface area contributed by atoms with Crippen LogP contribution in [0.1, 0.15) is 46.5 Å². The first-order valence-corrected chi connectivity index (χ1v) is 8.09. The molecule has 1 fully saturated rings. The van der Waals surface area contributed by atoms with Crippen molar-refractivity contribution in [2.75, 3.05) is 11.1 Å². The fourth-order valence-corrected chi connectivity index (χ4v) is 3.99. The van der Waals surface area contributed by atoms with E-state index in [0.29, 0.717) is 0 Å². The molecule has 0 aliphatic carbocycles. The number of alkyl halides is 1. The van der Waals surface area contributed by atoms with E-state index in [1.54, 1.807) is 11.8 Å². The quantitative estimate of drug-likeness (QED) is 0.789. The summed E-state index contributed by atoms with van der Waals surface area (Å²) in [4.78, 5) is 12.3. The number of carbonyl (C=O) groups is 1. The summed E-state index contributed by atoms with van der Waals surface area (Å²) in [5.74, 6) is 1.34. The molecule has 1 heterocycles. The molecule has 1 amide bonds. The lowest BCUT2D eigenvalue weighted by Crippen LogP contribution is -2.52. The highest BCUT2D eigenvalue weighted by atomic mass is 79.9. The molecule has 4 heteroatoms. The number of hydrogen-bond acceptors (Lipinski definition) is 2. The fourth-order valence-electron chi connectivity index (χ4n) is 1.90. The third-order valence-corrected chi connectivity index (χ3v) is 5.46. The molecule has 2 unspecified atom stereocenters. The summed E-state index contributed by atoms with van der Waals surface area (Å²) in [7, 11) is 0. The molecular formula is C12H22BrNOS. The summed E-state index contributed by atoms with van der Waals surface area (Å²) < 4.78 is -0.192. The third kappa shape index (κ3) is 3.39. The second-order valence-corrected chi connectivity index (χ2v) is 7.38. The van der Waals surface area contributed by atoms with Gasteiger partial charge in [0.25, 0.3) is 0 Å². The number of hydrogen-bond donors (Lipinski definition) is 1. The Morgan fingerprint density at radius 3 is 2.75 bits per heavy atom. The zero-order chi connectivity index (χ0) is 12.2. The molecule has 0 aromatic rings. The highest BCUT2D eigenvalue weighted by Gasteiger charge is 2.39. The normalized spacial score (nSPS) is 28.8. The van der Waals surface area contributed by atoms with Crippen LogP contribution in [-0.2, 0) is 4.79 Å². The van der Waals surface area contributed by atoms with E-state index in [-0.39, 0.29) is 16.2 Å². The molecule has 0 radical (unpaired) electrons. The Labute approximate surface area is 111 Å². The van der Waals surface area contributed by atoms with Crippen molar-refractivity contribution in [3.8, 4) is 0 Å². The first-order chi connectivity index (χ1) is 7.46. The fraction of sp³-hybridized carbons (Fsp3) is 0.917. The largest absolute Gasteiger partial charge is 0.350 e. The van der Waals surface area contributed by atoms with Crippen LogP contribution >= 0.6 is 27.7 Å². The molecular weight excluding hydrogens is 286 g/mol. The molecule has 1 aliphatic heterocycles. The zero-order valence-corrected chi connectivity index (χ0v) is 12.8. The molecule has 1 N–H and O–H groups in total. The van der Waals surface area contributed by atoms with Crippen molar-refractivity contribution < 1.29 is 4.79 Å². The number of carbonyl (C=O) groups excluding carboxylic acids is 1. The maximum Gasteiger partial charge on any atom is 0.236 e. The van der Waals surface area contributed by atoms with Gasteiger partial charge in [-0.15, -0.1) is 11.8 Å². The standard InChI is InChI=1S/C12H22BrNOS/c1-4-11(2,7-8-13)14-10(15)12(3)6-5-9-16-12/h4-9H2,1-3H3,(H,14,15). The van der Waals surface area contributed by atoms with Crippen molar-refractivity contribution in [2.45, 2.75) is 56.7 Å². The van der Waals surface area contributed by atoms with E-state index < -0.39 is 0 Å². The lowest BCUT2D eigenvalue weighted by molar-refractivity contribution is -0.125. The van der Waals surface area contributed by atoms with Crippen LogP contribution in [-0.4, -0.2) is 27.3 Å². The molecule has 0 spiro atoms. The van der Waals surface area contributed by atoms with E-state index in [0.717, 1.165) is 36.8 Å². The molecule has 0 saturated carbocycles. The van der Waals surface area contributed by atoms with Crippen molar-refractivity contribution in [1.82, 2.24) is 5.32 Å². The Bertz CT molecular complexity index is 253. The van der Waals surface area contributed by atoms with Crippen LogP contribution in [0.15, 0.2) is 0 Å². The van der Waals surface area contributed by atoms with Crippen LogP contribution in [0.5, 0.6) is 0 Å². The van der Waals surface area contributed by atoms with Crippen LogP contribution in [0.3, 0.4) is 0 Å². The van der Waals surface area contributed by atoms with Gasteiger partial charge in [0.2, 0.25) is 5.91 Å². The van der Waals surface area contributed by atoms with Gasteiger partial charge in [-0.1, -0.05) is 22.9 Å². The predicted octanol–water partition coefficient (Wildman–Crippen LogP) is 3.34. The number of thioether (sulfide) groups is 1. The van der Waals surface area contributed by atoms with Crippen molar-refractivity contribution in [2.24, 2.45) is 0 Å². The van der Waals surface area contributed by atoms with E-state index >= 15 is 0 Å². The summed E-state index contributed by atoms with van der Waals surface area (Å²) in [5.41, 5.74) is -0.0628. The van der Waals surface area contributed by atoms with Gasteiger partial charge in [-0.3, -0.25) is 4.79 Å². The maximum atomic E-state index is 12.3. The summed E-state index contributed by atoms with van der Waals surface area (Å²) in [6, 6.07) is 0. The lowest BCUT2D eigenvalue weighted by Gasteiger charge is -2.33. The van der Waals surface area contributed by atoms with Crippen molar-refractivity contribution in [3.05, 3.63) is 0 Å². The van der Waals surface area contributed by atoms with E-state index in [1.807, 2.05) is 0 Å². The van der Waals surface area contributed by atoms with E-state index in [1.165, 1.54) is 0 Å². The second kappa shape index (κ2) is 5.76. The van der Waals surface area contributed by atoms with Crippen LogP contribution in [0.4, 0.5) is 0 Å². The summed E-state index contributed by atoms with van der Waals surface area (Å²) >= 11 is 5.25. The SMILES string of the molecule is CCC(C)(CCBr)NC(=O)C1(C)CCCS1. The molecule has 0 aromatic carbocycles. The molecule has 16 heavy (non-hydrogen) atoms. The van der Waals surface area contributed by atoms with Gasteiger partial charge in [0.1, 0.15) is 0 Å². The summed E-state index contributed by atoms with van der Waals surface area (Å²) in [6.45, 7) is 6.34. The van der Waals surface area contributed by atoms with E-state index in [2.05, 4.69) is 42.0 Å². The lowest BCUT2D eigenvalue weighted by atomic mass is 9.93.